The first-order valence-corrected chi connectivity index (χ1v) is 8.74. The van der Waals surface area contributed by atoms with Gasteiger partial charge in [-0.15, -0.1) is 0 Å². The number of H-pyrrole nitrogens is 1. The lowest BCUT2D eigenvalue weighted by Crippen LogP contribution is -2.30. The van der Waals surface area contributed by atoms with Crippen molar-refractivity contribution in [2.45, 2.75) is 25.9 Å². The molecule has 144 valence electrons. The van der Waals surface area contributed by atoms with E-state index in [9.17, 15) is 19.7 Å². The van der Waals surface area contributed by atoms with E-state index in [0.29, 0.717) is 6.42 Å². The van der Waals surface area contributed by atoms with E-state index < -0.39 is 22.9 Å². The number of carbonyl (C=O) groups is 2. The molecule has 0 bridgehead atoms. The minimum atomic E-state index is -1.02. The van der Waals surface area contributed by atoms with E-state index in [1.165, 1.54) is 31.2 Å². The summed E-state index contributed by atoms with van der Waals surface area (Å²) < 4.78 is 5.18. The summed E-state index contributed by atoms with van der Waals surface area (Å²) in [7, 11) is 0. The van der Waals surface area contributed by atoms with Crippen molar-refractivity contribution >= 4 is 34.2 Å². The summed E-state index contributed by atoms with van der Waals surface area (Å²) in [6.07, 6.45) is 1.46. The number of non-ortho nitro benzene ring substituents is 1. The molecular weight excluding hydrogens is 362 g/mol. The number of esters is 1. The second kappa shape index (κ2) is 8.34. The highest BCUT2D eigenvalue weighted by molar-refractivity contribution is 5.95. The van der Waals surface area contributed by atoms with Crippen molar-refractivity contribution in [2.24, 2.45) is 0 Å². The molecule has 0 fully saturated rings. The summed E-state index contributed by atoms with van der Waals surface area (Å²) >= 11 is 0. The normalized spacial score (nSPS) is 11.8. The van der Waals surface area contributed by atoms with Gasteiger partial charge in [0.05, 0.1) is 4.92 Å². The van der Waals surface area contributed by atoms with Crippen molar-refractivity contribution < 1.29 is 19.2 Å². The number of hydrogen-bond acceptors (Lipinski definition) is 5. The summed E-state index contributed by atoms with van der Waals surface area (Å²) in [6, 6.07) is 13.3. The van der Waals surface area contributed by atoms with Crippen LogP contribution in [0.1, 0.15) is 18.9 Å². The predicted molar refractivity (Wildman–Crippen MR) is 104 cm³/mol. The lowest BCUT2D eigenvalue weighted by Gasteiger charge is -2.13. The minimum absolute atomic E-state index is 0.135. The largest absolute Gasteiger partial charge is 0.453 e. The molecule has 0 saturated heterocycles. The van der Waals surface area contributed by atoms with E-state index in [1.807, 2.05) is 30.5 Å². The van der Waals surface area contributed by atoms with Crippen LogP contribution in [0.4, 0.5) is 11.4 Å². The summed E-state index contributed by atoms with van der Waals surface area (Å²) in [6.45, 7) is 1.45. The van der Waals surface area contributed by atoms with Gasteiger partial charge in [-0.1, -0.05) is 24.3 Å². The zero-order valence-electron chi connectivity index (χ0n) is 15.2. The molecule has 2 aromatic carbocycles. The number of carbonyl (C=O) groups excluding carboxylic acids is 2. The van der Waals surface area contributed by atoms with Gasteiger partial charge < -0.3 is 15.0 Å². The van der Waals surface area contributed by atoms with Crippen molar-refractivity contribution in [3.05, 3.63) is 70.4 Å². The molecule has 0 spiro atoms. The molecule has 1 heterocycles. The van der Waals surface area contributed by atoms with E-state index in [2.05, 4.69) is 10.3 Å². The predicted octanol–water partition coefficient (Wildman–Crippen LogP) is 3.58. The number of ether oxygens (including phenoxy) is 1. The molecule has 3 aromatic rings. The standard InChI is InChI=1S/C20H19N3O5/c1-13(20(25)22-15-5-4-6-16(11-15)23(26)27)28-19(24)10-9-14-12-21-18-8-3-2-7-17(14)18/h2-8,11-13,21H,9-10H2,1H3,(H,22,25)/t13-/m0/s1. The summed E-state index contributed by atoms with van der Waals surface area (Å²) in [5.74, 6) is -1.05. The quantitative estimate of drug-likeness (QED) is 0.369. The number of nitro groups is 1. The number of fused-ring (bicyclic) bond motifs is 1. The van der Waals surface area contributed by atoms with Gasteiger partial charge >= 0.3 is 5.97 Å². The molecule has 1 amide bonds. The Labute approximate surface area is 160 Å². The smallest absolute Gasteiger partial charge is 0.306 e. The first kappa shape index (κ1) is 19.1. The summed E-state index contributed by atoms with van der Waals surface area (Å²) in [4.78, 5) is 37.6. The van der Waals surface area contributed by atoms with Crippen LogP contribution in [0.3, 0.4) is 0 Å². The molecule has 8 heteroatoms. The van der Waals surface area contributed by atoms with Gasteiger partial charge in [0.25, 0.3) is 11.6 Å². The second-order valence-corrected chi connectivity index (χ2v) is 6.29. The molecule has 1 atom stereocenters. The van der Waals surface area contributed by atoms with E-state index >= 15 is 0 Å². The van der Waals surface area contributed by atoms with Gasteiger partial charge in [-0.05, 0) is 31.0 Å². The number of aryl methyl sites for hydroxylation is 1. The summed E-state index contributed by atoms with van der Waals surface area (Å²) in [5.41, 5.74) is 2.12. The maximum atomic E-state index is 12.2. The van der Waals surface area contributed by atoms with Crippen LogP contribution in [-0.2, 0) is 20.7 Å². The second-order valence-electron chi connectivity index (χ2n) is 6.29. The van der Waals surface area contributed by atoms with Gasteiger partial charge in [-0.3, -0.25) is 19.7 Å². The van der Waals surface area contributed by atoms with Crippen molar-refractivity contribution in [2.75, 3.05) is 5.32 Å². The Morgan fingerprint density at radius 3 is 2.79 bits per heavy atom. The van der Waals surface area contributed by atoms with Gasteiger partial charge in [0.1, 0.15) is 0 Å². The van der Waals surface area contributed by atoms with Crippen LogP contribution in [0.2, 0.25) is 0 Å². The Morgan fingerprint density at radius 2 is 2.00 bits per heavy atom. The first-order valence-electron chi connectivity index (χ1n) is 8.74. The number of anilines is 1. The Kier molecular flexibility index (Phi) is 5.69. The average Bonchev–Trinajstić information content (AvgIpc) is 3.09. The molecule has 28 heavy (non-hydrogen) atoms. The zero-order valence-corrected chi connectivity index (χ0v) is 15.2. The lowest BCUT2D eigenvalue weighted by molar-refractivity contribution is -0.384. The first-order chi connectivity index (χ1) is 13.4. The number of aromatic nitrogens is 1. The third-order valence-electron chi connectivity index (χ3n) is 4.28. The Morgan fingerprint density at radius 1 is 1.21 bits per heavy atom. The summed E-state index contributed by atoms with van der Waals surface area (Å²) in [5, 5.41) is 14.3. The monoisotopic (exact) mass is 381 g/mol. The number of nitrogens with zero attached hydrogens (tertiary/aromatic N) is 1. The fourth-order valence-corrected chi connectivity index (χ4v) is 2.83. The highest BCUT2D eigenvalue weighted by Gasteiger charge is 2.19. The Hall–Kier alpha value is -3.68. The van der Waals surface area contributed by atoms with Crippen molar-refractivity contribution in [3.63, 3.8) is 0 Å². The molecule has 0 radical (unpaired) electrons. The van der Waals surface area contributed by atoms with Crippen LogP contribution in [0.25, 0.3) is 10.9 Å². The zero-order chi connectivity index (χ0) is 20.1. The van der Waals surface area contributed by atoms with E-state index in [1.54, 1.807) is 0 Å². The van der Waals surface area contributed by atoms with Gasteiger partial charge in [0.15, 0.2) is 6.10 Å². The topological polar surface area (TPSA) is 114 Å². The lowest BCUT2D eigenvalue weighted by atomic mass is 10.1. The van der Waals surface area contributed by atoms with E-state index in [4.69, 9.17) is 4.74 Å². The number of benzene rings is 2. The molecule has 2 N–H and O–H groups in total. The van der Waals surface area contributed by atoms with Gasteiger partial charge in [0.2, 0.25) is 0 Å². The fraction of sp³-hybridized carbons (Fsp3) is 0.200. The molecule has 0 unspecified atom stereocenters. The SMILES string of the molecule is C[C@H](OC(=O)CCc1c[nH]c2ccccc12)C(=O)Nc1cccc([N+](=O)[O-])c1. The van der Waals surface area contributed by atoms with Gasteiger partial charge in [-0.25, -0.2) is 0 Å². The van der Waals surface area contributed by atoms with Crippen molar-refractivity contribution in [1.29, 1.82) is 0 Å². The number of amides is 1. The van der Waals surface area contributed by atoms with Crippen molar-refractivity contribution in [1.82, 2.24) is 4.98 Å². The number of nitrogens with one attached hydrogen (secondary N) is 2. The van der Waals surface area contributed by atoms with Gasteiger partial charge in [0, 0.05) is 41.3 Å². The fourth-order valence-electron chi connectivity index (χ4n) is 2.83. The molecular formula is C20H19N3O5. The molecule has 1 aromatic heterocycles. The number of para-hydroxylation sites is 1. The van der Waals surface area contributed by atoms with Crippen LogP contribution in [0.5, 0.6) is 0 Å². The third-order valence-corrected chi connectivity index (χ3v) is 4.28. The van der Waals surface area contributed by atoms with Crippen LogP contribution in [0.15, 0.2) is 54.7 Å². The Bertz CT molecular complexity index is 1030. The highest BCUT2D eigenvalue weighted by atomic mass is 16.6. The molecule has 8 nitrogen and oxygen atoms in total. The number of rotatable bonds is 7. The maximum Gasteiger partial charge on any atom is 0.306 e. The maximum absolute atomic E-state index is 12.2. The van der Waals surface area contributed by atoms with Gasteiger partial charge in [-0.2, -0.15) is 0 Å². The number of aromatic amines is 1. The van der Waals surface area contributed by atoms with Crippen LogP contribution in [-0.4, -0.2) is 27.9 Å². The average molecular weight is 381 g/mol. The molecule has 0 aliphatic rings. The minimum Gasteiger partial charge on any atom is -0.453 e. The third kappa shape index (κ3) is 4.53. The van der Waals surface area contributed by atoms with Crippen molar-refractivity contribution in [3.8, 4) is 0 Å². The molecule has 3 rings (SSSR count). The number of nitro benzene ring substituents is 1. The molecule has 0 saturated carbocycles. The molecule has 0 aliphatic heterocycles. The highest BCUT2D eigenvalue weighted by Crippen LogP contribution is 2.20. The van der Waals surface area contributed by atoms with Crippen LogP contribution >= 0.6 is 0 Å². The van der Waals surface area contributed by atoms with Crippen LogP contribution in [0, 0.1) is 10.1 Å². The Balaban J connectivity index is 1.52. The van der Waals surface area contributed by atoms with Crippen LogP contribution < -0.4 is 5.32 Å². The van der Waals surface area contributed by atoms with E-state index in [-0.39, 0.29) is 17.8 Å². The van der Waals surface area contributed by atoms with E-state index in [0.717, 1.165) is 16.5 Å². The number of hydrogen-bond donors (Lipinski definition) is 2. The molecule has 0 aliphatic carbocycles.